The molecule has 0 spiro atoms. The van der Waals surface area contributed by atoms with Crippen LogP contribution in [0.2, 0.25) is 0 Å². The molecule has 2 rings (SSSR count). The number of aryl methyl sites for hydroxylation is 2. The fourth-order valence-electron chi connectivity index (χ4n) is 3.69. The van der Waals surface area contributed by atoms with Crippen LogP contribution < -0.4 is 0 Å². The standard InChI is InChI=1S/C19H28BrF/c1-12-10-15(11-13(2)18(12)21)17(20)14-6-8-16(9-7-14)19(3,4)5/h10-11,14,16-17H,6-9H2,1-5H3. The number of hydrogen-bond acceptors (Lipinski definition) is 0. The van der Waals surface area contributed by atoms with Crippen molar-refractivity contribution < 1.29 is 4.39 Å². The molecular weight excluding hydrogens is 327 g/mol. The Kier molecular flexibility index (Phi) is 5.18. The molecule has 0 saturated heterocycles. The van der Waals surface area contributed by atoms with Crippen molar-refractivity contribution in [2.45, 2.75) is 65.1 Å². The van der Waals surface area contributed by atoms with Gasteiger partial charge in [0.15, 0.2) is 0 Å². The van der Waals surface area contributed by atoms with Crippen LogP contribution in [0.5, 0.6) is 0 Å². The van der Waals surface area contributed by atoms with Gasteiger partial charge in [-0.05, 0) is 73.5 Å². The summed E-state index contributed by atoms with van der Waals surface area (Å²) in [5.41, 5.74) is 3.19. The lowest BCUT2D eigenvalue weighted by molar-refractivity contribution is 0.149. The average Bonchev–Trinajstić information content (AvgIpc) is 2.42. The zero-order chi connectivity index (χ0) is 15.8. The second kappa shape index (κ2) is 6.40. The highest BCUT2D eigenvalue weighted by atomic mass is 79.9. The summed E-state index contributed by atoms with van der Waals surface area (Å²) in [5, 5.41) is 0. The first kappa shape index (κ1) is 17.0. The Hall–Kier alpha value is -0.370. The lowest BCUT2D eigenvalue weighted by Gasteiger charge is -2.38. The first-order chi connectivity index (χ1) is 9.70. The monoisotopic (exact) mass is 354 g/mol. The van der Waals surface area contributed by atoms with Crippen molar-refractivity contribution in [3.8, 4) is 0 Å². The van der Waals surface area contributed by atoms with E-state index in [1.807, 2.05) is 26.0 Å². The molecule has 118 valence electrons. The van der Waals surface area contributed by atoms with Crippen molar-refractivity contribution in [3.05, 3.63) is 34.6 Å². The molecule has 0 amide bonds. The van der Waals surface area contributed by atoms with Crippen LogP contribution in [0.1, 0.15) is 68.0 Å². The molecule has 1 aliphatic rings. The molecule has 0 N–H and O–H groups in total. The van der Waals surface area contributed by atoms with Gasteiger partial charge in [-0.15, -0.1) is 0 Å². The summed E-state index contributed by atoms with van der Waals surface area (Å²) >= 11 is 3.89. The van der Waals surface area contributed by atoms with E-state index < -0.39 is 0 Å². The summed E-state index contributed by atoms with van der Waals surface area (Å²) in [6.07, 6.45) is 5.17. The SMILES string of the molecule is Cc1cc(C(Br)C2CCC(C(C)(C)C)CC2)cc(C)c1F. The summed E-state index contributed by atoms with van der Waals surface area (Å²) in [6.45, 7) is 10.8. The molecule has 1 atom stereocenters. The Bertz CT molecular complexity index is 470. The Balaban J connectivity index is 2.07. The predicted molar refractivity (Wildman–Crippen MR) is 92.4 cm³/mol. The molecule has 1 saturated carbocycles. The number of alkyl halides is 1. The van der Waals surface area contributed by atoms with Gasteiger partial charge in [-0.2, -0.15) is 0 Å². The van der Waals surface area contributed by atoms with Crippen molar-refractivity contribution in [1.29, 1.82) is 0 Å². The number of hydrogen-bond donors (Lipinski definition) is 0. The van der Waals surface area contributed by atoms with Gasteiger partial charge in [0.25, 0.3) is 0 Å². The van der Waals surface area contributed by atoms with Gasteiger partial charge < -0.3 is 0 Å². The Morgan fingerprint density at radius 1 is 1.05 bits per heavy atom. The van der Waals surface area contributed by atoms with E-state index in [9.17, 15) is 4.39 Å². The highest BCUT2D eigenvalue weighted by Crippen LogP contribution is 2.46. The molecule has 1 unspecified atom stereocenters. The summed E-state index contributed by atoms with van der Waals surface area (Å²) in [6, 6.07) is 4.02. The molecule has 2 heteroatoms. The fraction of sp³-hybridized carbons (Fsp3) is 0.684. The summed E-state index contributed by atoms with van der Waals surface area (Å²) in [5.74, 6) is 1.45. The third-order valence-electron chi connectivity index (χ3n) is 5.19. The second-order valence-corrected chi connectivity index (χ2v) is 8.83. The van der Waals surface area contributed by atoms with Crippen LogP contribution in [-0.4, -0.2) is 0 Å². The van der Waals surface area contributed by atoms with Gasteiger partial charge in [-0.3, -0.25) is 0 Å². The highest BCUT2D eigenvalue weighted by Gasteiger charge is 2.32. The van der Waals surface area contributed by atoms with E-state index in [1.54, 1.807) is 0 Å². The molecule has 0 nitrogen and oxygen atoms in total. The Morgan fingerprint density at radius 2 is 1.52 bits per heavy atom. The van der Waals surface area contributed by atoms with Gasteiger partial charge in [-0.25, -0.2) is 4.39 Å². The maximum absolute atomic E-state index is 13.8. The van der Waals surface area contributed by atoms with E-state index in [0.29, 0.717) is 16.2 Å². The van der Waals surface area contributed by atoms with Gasteiger partial charge in [0.05, 0.1) is 0 Å². The molecule has 0 heterocycles. The van der Waals surface area contributed by atoms with Crippen molar-refractivity contribution in [2.24, 2.45) is 17.3 Å². The van der Waals surface area contributed by atoms with Gasteiger partial charge >= 0.3 is 0 Å². The molecule has 21 heavy (non-hydrogen) atoms. The molecular formula is C19H28BrF. The molecule has 0 aliphatic heterocycles. The maximum Gasteiger partial charge on any atom is 0.129 e. The Morgan fingerprint density at radius 3 is 1.95 bits per heavy atom. The van der Waals surface area contributed by atoms with Crippen LogP contribution in [0, 0.1) is 36.9 Å². The molecule has 1 aromatic rings. The molecule has 0 radical (unpaired) electrons. The maximum atomic E-state index is 13.8. The number of rotatable bonds is 2. The third kappa shape index (κ3) is 3.88. The molecule has 0 bridgehead atoms. The lowest BCUT2D eigenvalue weighted by Crippen LogP contribution is -2.27. The summed E-state index contributed by atoms with van der Waals surface area (Å²) in [4.78, 5) is 0.358. The number of benzene rings is 1. The van der Waals surface area contributed by atoms with E-state index in [1.165, 1.54) is 31.2 Å². The van der Waals surface area contributed by atoms with Crippen molar-refractivity contribution >= 4 is 15.9 Å². The topological polar surface area (TPSA) is 0 Å². The minimum atomic E-state index is -0.0603. The van der Waals surface area contributed by atoms with Crippen molar-refractivity contribution in [1.82, 2.24) is 0 Å². The van der Waals surface area contributed by atoms with E-state index in [2.05, 4.69) is 36.7 Å². The van der Waals surface area contributed by atoms with Crippen LogP contribution in [0.3, 0.4) is 0 Å². The Labute approximate surface area is 137 Å². The first-order valence-electron chi connectivity index (χ1n) is 8.11. The smallest absolute Gasteiger partial charge is 0.129 e. The van der Waals surface area contributed by atoms with Gasteiger partial charge in [0, 0.05) is 4.83 Å². The minimum Gasteiger partial charge on any atom is -0.206 e. The average molecular weight is 355 g/mol. The van der Waals surface area contributed by atoms with Crippen LogP contribution in [0.25, 0.3) is 0 Å². The minimum absolute atomic E-state index is 0.0603. The van der Waals surface area contributed by atoms with Gasteiger partial charge in [0.2, 0.25) is 0 Å². The van der Waals surface area contributed by atoms with Crippen LogP contribution in [0.15, 0.2) is 12.1 Å². The highest BCUT2D eigenvalue weighted by molar-refractivity contribution is 9.09. The van der Waals surface area contributed by atoms with Crippen LogP contribution in [-0.2, 0) is 0 Å². The summed E-state index contributed by atoms with van der Waals surface area (Å²) in [7, 11) is 0. The van der Waals surface area contributed by atoms with E-state index >= 15 is 0 Å². The molecule has 0 aromatic heterocycles. The van der Waals surface area contributed by atoms with Crippen molar-refractivity contribution in [2.75, 3.05) is 0 Å². The fourth-order valence-corrected chi connectivity index (χ4v) is 4.48. The van der Waals surface area contributed by atoms with Crippen LogP contribution >= 0.6 is 15.9 Å². The van der Waals surface area contributed by atoms with Gasteiger partial charge in [0.1, 0.15) is 5.82 Å². The molecule has 1 fully saturated rings. The third-order valence-corrected chi connectivity index (χ3v) is 6.46. The van der Waals surface area contributed by atoms with E-state index in [0.717, 1.165) is 17.0 Å². The zero-order valence-electron chi connectivity index (χ0n) is 14.0. The predicted octanol–water partition coefficient (Wildman–Crippen LogP) is 6.73. The van der Waals surface area contributed by atoms with Gasteiger partial charge in [-0.1, -0.05) is 48.8 Å². The summed E-state index contributed by atoms with van der Waals surface area (Å²) < 4.78 is 13.8. The van der Waals surface area contributed by atoms with Crippen LogP contribution in [0.4, 0.5) is 4.39 Å². The van der Waals surface area contributed by atoms with Crippen molar-refractivity contribution in [3.63, 3.8) is 0 Å². The van der Waals surface area contributed by atoms with E-state index in [4.69, 9.17) is 0 Å². The van der Waals surface area contributed by atoms with E-state index in [-0.39, 0.29) is 5.82 Å². The zero-order valence-corrected chi connectivity index (χ0v) is 15.6. The normalized spacial score (nSPS) is 24.9. The quantitative estimate of drug-likeness (QED) is 0.516. The first-order valence-corrected chi connectivity index (χ1v) is 9.02. The molecule has 1 aliphatic carbocycles. The second-order valence-electron chi connectivity index (χ2n) is 7.85. The molecule has 1 aromatic carbocycles. The number of halogens is 2. The largest absolute Gasteiger partial charge is 0.206 e. The lowest BCUT2D eigenvalue weighted by atomic mass is 9.69.